The highest BCUT2D eigenvalue weighted by Crippen LogP contribution is 2.30. The van der Waals surface area contributed by atoms with Crippen LogP contribution in [0.25, 0.3) is 0 Å². The molecular weight excluding hydrogens is 1330 g/mol. The minimum Gasteiger partial charge on any atom is -0.396 e. The van der Waals surface area contributed by atoms with Gasteiger partial charge in [-0.1, -0.05) is 27.2 Å². The molecule has 7 unspecified atom stereocenters. The van der Waals surface area contributed by atoms with Crippen LogP contribution in [0.3, 0.4) is 0 Å². The third kappa shape index (κ3) is 37.8. The molecule has 14 N–H and O–H groups in total. The lowest BCUT2D eigenvalue weighted by Crippen LogP contribution is -2.64. The maximum atomic E-state index is 12.9. The summed E-state index contributed by atoms with van der Waals surface area (Å²) in [6, 6.07) is -2.94. The van der Waals surface area contributed by atoms with Crippen LogP contribution in [0.2, 0.25) is 0 Å². The van der Waals surface area contributed by atoms with Crippen LogP contribution in [-0.2, 0) is 81.0 Å². The van der Waals surface area contributed by atoms with E-state index in [0.717, 1.165) is 0 Å². The SMILES string of the molecule is CC.CCC(COCCC(=O)CCCCCC(=O)CCCCO[C@@H]1CC(CO)[C@H](O)[C@H](O)C1NC(C)=O)(COCCC(=O)CCCCNC(=O)CCCCO[C@@H]1OC(CO)[C@H](O)[C@H](O)C1NC(C)=O)COCCC(=O)NCCCCC(=O)CCCCO[C@@H]1OC(CO)[C@H](O)[C@H](O)C1NC(C)=O. The van der Waals surface area contributed by atoms with Crippen LogP contribution in [0.15, 0.2) is 0 Å². The molecule has 0 radical (unpaired) electrons. The van der Waals surface area contributed by atoms with Crippen molar-refractivity contribution in [3.8, 4) is 0 Å². The molecule has 3 rings (SSSR count). The van der Waals surface area contributed by atoms with Gasteiger partial charge < -0.3 is 110 Å². The number of rotatable bonds is 56. The summed E-state index contributed by atoms with van der Waals surface area (Å²) >= 11 is 0. The summed E-state index contributed by atoms with van der Waals surface area (Å²) in [5.41, 5.74) is -0.686. The van der Waals surface area contributed by atoms with Crippen LogP contribution in [0.5, 0.6) is 0 Å². The molecule has 2 saturated heterocycles. The van der Waals surface area contributed by atoms with Gasteiger partial charge in [-0.15, -0.1) is 0 Å². The number of amides is 5. The molecule has 0 aromatic heterocycles. The topological polar surface area (TPSA) is 470 Å². The maximum absolute atomic E-state index is 12.9. The van der Waals surface area contributed by atoms with E-state index < -0.39 is 122 Å². The molecule has 2 aliphatic heterocycles. The highest BCUT2D eigenvalue weighted by Gasteiger charge is 2.47. The summed E-state index contributed by atoms with van der Waals surface area (Å²) in [5.74, 6) is -2.18. The number of carbonyl (C=O) groups excluding carboxylic acids is 9. The number of carbonyl (C=O) groups is 9. The number of hydrogen-bond acceptors (Lipinski definition) is 26. The molecule has 31 nitrogen and oxygen atoms in total. The molecule has 0 aromatic carbocycles. The van der Waals surface area contributed by atoms with Gasteiger partial charge in [0.2, 0.25) is 29.5 Å². The van der Waals surface area contributed by atoms with Crippen molar-refractivity contribution in [2.75, 3.05) is 92.4 Å². The molecule has 3 aliphatic rings. The quantitative estimate of drug-likeness (QED) is 0.0368. The molecule has 31 heteroatoms. The van der Waals surface area contributed by atoms with E-state index in [1.165, 1.54) is 20.8 Å². The van der Waals surface area contributed by atoms with Gasteiger partial charge in [-0.25, -0.2) is 0 Å². The van der Waals surface area contributed by atoms with E-state index in [1.54, 1.807) is 0 Å². The molecule has 0 spiro atoms. The number of nitrogens with one attached hydrogen (secondary N) is 5. The summed E-state index contributed by atoms with van der Waals surface area (Å²) in [7, 11) is 0. The van der Waals surface area contributed by atoms with Crippen LogP contribution in [0.1, 0.15) is 202 Å². The summed E-state index contributed by atoms with van der Waals surface area (Å²) in [6.07, 6.45) is -2.64. The van der Waals surface area contributed by atoms with E-state index >= 15 is 0 Å². The van der Waals surface area contributed by atoms with E-state index in [1.807, 2.05) is 20.8 Å². The molecule has 1 saturated carbocycles. The number of ketones is 4. The number of hydrogen-bond donors (Lipinski definition) is 14. The van der Waals surface area contributed by atoms with Crippen molar-refractivity contribution >= 4 is 52.7 Å². The highest BCUT2D eigenvalue weighted by molar-refractivity contribution is 5.80. The zero-order valence-corrected chi connectivity index (χ0v) is 60.7. The minimum absolute atomic E-state index is 0.0138. The molecule has 101 heavy (non-hydrogen) atoms. The Morgan fingerprint density at radius 2 is 0.743 bits per heavy atom. The number of ether oxygens (including phenoxy) is 8. The standard InChI is InChI=1S/C68H119N5O26.C2H6/c1-5-68(41-92-34-26-50(82)20-8-6-7-19-48(80)23-11-16-31-95-52-37-47(38-74)60(86)63(89)57(52)71-44(2)77,42-93-35-27-51(83)22-10-15-29-69-55(84)25-13-18-33-97-67-59(73-46(4)79)65(91)62(88)54(40-76)99-67)43-94-36-28-56(85)70-30-14-9-21-49(81)24-12-17-32-96-66-58(72-45(3)78)64(90)61(87)53(39-75)98-66;1-2/h47,52-54,57-67,74-76,86-91H,5-43H2,1-4H3,(H,69,84)(H,70,85)(H,71,77)(H,72,78)(H,73,79);1-2H3/t47?,52-,53?,54?,57?,58?,59?,60+,61+,62+,63-,64-,65-,66-,67-,68?;/m1./s1. The molecule has 3 fully saturated rings. The number of Topliss-reactive ketones (excluding diaryl/α,β-unsaturated/α-hetero) is 4. The maximum Gasteiger partial charge on any atom is 0.222 e. The number of aliphatic hydroxyl groups is 9. The van der Waals surface area contributed by atoms with Crippen molar-refractivity contribution in [2.24, 2.45) is 11.3 Å². The Bertz CT molecular complexity index is 2120. The van der Waals surface area contributed by atoms with E-state index in [4.69, 9.17) is 37.9 Å². The Hall–Kier alpha value is -4.65. The monoisotopic (exact) mass is 1450 g/mol. The Kier molecular flexibility index (Phi) is 49.4. The first-order valence-corrected chi connectivity index (χ1v) is 36.6. The summed E-state index contributed by atoms with van der Waals surface area (Å²) in [5, 5.41) is 104. The van der Waals surface area contributed by atoms with E-state index in [2.05, 4.69) is 26.6 Å². The van der Waals surface area contributed by atoms with Crippen LogP contribution < -0.4 is 26.6 Å². The lowest BCUT2D eigenvalue weighted by Gasteiger charge is -2.42. The lowest BCUT2D eigenvalue weighted by atomic mass is 9.79. The molecule has 16 atom stereocenters. The second kappa shape index (κ2) is 54.0. The summed E-state index contributed by atoms with van der Waals surface area (Å²) in [6.45, 7) is 10.4. The number of unbranched alkanes of at least 4 members (excludes halogenated alkanes) is 7. The first kappa shape index (κ1) is 92.4. The molecule has 2 heterocycles. The first-order valence-electron chi connectivity index (χ1n) is 36.6. The lowest BCUT2D eigenvalue weighted by molar-refractivity contribution is -0.270. The Morgan fingerprint density at radius 3 is 1.14 bits per heavy atom. The van der Waals surface area contributed by atoms with Gasteiger partial charge in [0.25, 0.3) is 0 Å². The zero-order chi connectivity index (χ0) is 75.1. The smallest absolute Gasteiger partial charge is 0.222 e. The van der Waals surface area contributed by atoms with Gasteiger partial charge in [-0.05, 0) is 89.9 Å². The molecule has 586 valence electrons. The van der Waals surface area contributed by atoms with Crippen LogP contribution >= 0.6 is 0 Å². The molecular formula is C70H125N5O26. The van der Waals surface area contributed by atoms with Crippen molar-refractivity contribution in [3.63, 3.8) is 0 Å². The molecule has 1 aliphatic carbocycles. The molecule has 0 bridgehead atoms. The minimum atomic E-state index is -1.43. The average molecular weight is 1450 g/mol. The summed E-state index contributed by atoms with van der Waals surface area (Å²) < 4.78 is 46.7. The average Bonchev–Trinajstić information content (AvgIpc) is 0.827. The van der Waals surface area contributed by atoms with Gasteiger partial charge in [-0.2, -0.15) is 0 Å². The van der Waals surface area contributed by atoms with Gasteiger partial charge >= 0.3 is 0 Å². The Morgan fingerprint density at radius 1 is 0.396 bits per heavy atom. The van der Waals surface area contributed by atoms with Crippen LogP contribution in [-0.4, -0.2) is 277 Å². The normalized spacial score (nSPS) is 25.6. The van der Waals surface area contributed by atoms with E-state index in [-0.39, 0.29) is 145 Å². The fourth-order valence-electron chi connectivity index (χ4n) is 11.8. The van der Waals surface area contributed by atoms with Crippen molar-refractivity contribution in [3.05, 3.63) is 0 Å². The third-order valence-electron chi connectivity index (χ3n) is 18.0. The van der Waals surface area contributed by atoms with Crippen molar-refractivity contribution < 1.29 is 127 Å². The Balaban J connectivity index is 0.0000172. The van der Waals surface area contributed by atoms with Gasteiger partial charge in [-0.3, -0.25) is 43.2 Å². The van der Waals surface area contributed by atoms with Crippen molar-refractivity contribution in [1.82, 2.24) is 26.6 Å². The van der Waals surface area contributed by atoms with Crippen LogP contribution in [0, 0.1) is 11.3 Å². The van der Waals surface area contributed by atoms with Gasteiger partial charge in [0.15, 0.2) is 12.6 Å². The second-order valence-corrected chi connectivity index (χ2v) is 26.4. The zero-order valence-electron chi connectivity index (χ0n) is 60.7. The molecule has 0 aromatic rings. The molecule has 5 amide bonds. The van der Waals surface area contributed by atoms with Crippen molar-refractivity contribution in [1.29, 1.82) is 0 Å². The van der Waals surface area contributed by atoms with Gasteiger partial charge in [0.05, 0.1) is 71.1 Å². The van der Waals surface area contributed by atoms with Gasteiger partial charge in [0, 0.05) is 136 Å². The van der Waals surface area contributed by atoms with Crippen LogP contribution in [0.4, 0.5) is 0 Å². The van der Waals surface area contributed by atoms with E-state index in [0.29, 0.717) is 135 Å². The number of aliphatic hydroxyl groups excluding tert-OH is 9. The fourth-order valence-corrected chi connectivity index (χ4v) is 11.8. The highest BCUT2D eigenvalue weighted by atomic mass is 16.7. The predicted octanol–water partition coefficient (Wildman–Crippen LogP) is 0.484. The fraction of sp³-hybridized carbons (Fsp3) is 0.871. The largest absolute Gasteiger partial charge is 0.396 e. The Labute approximate surface area is 595 Å². The first-order chi connectivity index (χ1) is 48.4. The van der Waals surface area contributed by atoms with Gasteiger partial charge in [0.1, 0.15) is 77.9 Å². The van der Waals surface area contributed by atoms with E-state index in [9.17, 15) is 89.1 Å². The second-order valence-electron chi connectivity index (χ2n) is 26.4. The van der Waals surface area contributed by atoms with Crippen molar-refractivity contribution in [2.45, 2.75) is 288 Å². The summed E-state index contributed by atoms with van der Waals surface area (Å²) in [4.78, 5) is 111. The third-order valence-corrected chi connectivity index (χ3v) is 18.0. The predicted molar refractivity (Wildman–Crippen MR) is 366 cm³/mol.